The van der Waals surface area contributed by atoms with Gasteiger partial charge in [0.2, 0.25) is 11.8 Å². The second-order valence-electron chi connectivity index (χ2n) is 9.72. The third kappa shape index (κ3) is 6.11. The number of carbonyl (C=O) groups is 3. The minimum atomic E-state index is -1.19. The minimum Gasteiger partial charge on any atom is -0.465 e. The number of carbonyl (C=O) groups excluding carboxylic acids is 3. The van der Waals surface area contributed by atoms with Crippen LogP contribution in [0.2, 0.25) is 0 Å². The average Bonchev–Trinajstić information content (AvgIpc) is 3.34. The zero-order chi connectivity index (χ0) is 28.2. The summed E-state index contributed by atoms with van der Waals surface area (Å²) >= 11 is 0. The molecule has 1 aromatic heterocycles. The summed E-state index contributed by atoms with van der Waals surface area (Å²) in [5.41, 5.74) is 1.55. The highest BCUT2D eigenvalue weighted by Crippen LogP contribution is 2.30. The number of para-hydroxylation sites is 1. The van der Waals surface area contributed by atoms with Crippen LogP contribution in [0.25, 0.3) is 11.0 Å². The maximum atomic E-state index is 14.1. The molecule has 0 bridgehead atoms. The van der Waals surface area contributed by atoms with Crippen molar-refractivity contribution in [3.05, 3.63) is 89.7 Å². The van der Waals surface area contributed by atoms with E-state index in [-0.39, 0.29) is 17.8 Å². The van der Waals surface area contributed by atoms with Crippen LogP contribution in [0.5, 0.6) is 0 Å². The highest BCUT2D eigenvalue weighted by atomic mass is 19.1. The number of rotatable bonds is 9. The number of fused-ring (bicyclic) bond motifs is 1. The van der Waals surface area contributed by atoms with Gasteiger partial charge in [0.1, 0.15) is 23.9 Å². The molecule has 0 aliphatic carbocycles. The van der Waals surface area contributed by atoms with Crippen molar-refractivity contribution in [1.29, 1.82) is 0 Å². The highest BCUT2D eigenvalue weighted by molar-refractivity contribution is 6.02. The van der Waals surface area contributed by atoms with Crippen molar-refractivity contribution in [1.82, 2.24) is 20.3 Å². The number of ether oxygens (including phenoxy) is 1. The number of nitrogens with one attached hydrogen (secondary N) is 1. The zero-order valence-electron chi connectivity index (χ0n) is 22.2. The van der Waals surface area contributed by atoms with Gasteiger partial charge in [-0.2, -0.15) is 0 Å². The number of amides is 2. The Hall–Kier alpha value is -4.60. The summed E-state index contributed by atoms with van der Waals surface area (Å²) in [6.45, 7) is 5.44. The summed E-state index contributed by atoms with van der Waals surface area (Å²) in [5, 5.41) is 11.3. The van der Waals surface area contributed by atoms with E-state index in [2.05, 4.69) is 15.6 Å². The van der Waals surface area contributed by atoms with E-state index in [1.54, 1.807) is 30.3 Å². The maximum Gasteiger partial charge on any atom is 0.337 e. The van der Waals surface area contributed by atoms with Crippen LogP contribution in [0.1, 0.15) is 49.2 Å². The Morgan fingerprint density at radius 3 is 2.46 bits per heavy atom. The Labute approximate surface area is 225 Å². The van der Waals surface area contributed by atoms with Crippen molar-refractivity contribution in [3.63, 3.8) is 0 Å². The first kappa shape index (κ1) is 27.4. The van der Waals surface area contributed by atoms with Gasteiger partial charge in [-0.15, -0.1) is 5.10 Å². The van der Waals surface area contributed by atoms with E-state index in [4.69, 9.17) is 4.74 Å². The quantitative estimate of drug-likeness (QED) is 0.320. The van der Waals surface area contributed by atoms with Gasteiger partial charge in [-0.1, -0.05) is 42.5 Å². The number of aromatic nitrogens is 3. The fraction of sp³-hybridized carbons (Fsp3) is 0.276. The molecule has 0 saturated carbocycles. The molecule has 2 amide bonds. The highest BCUT2D eigenvalue weighted by Gasteiger charge is 2.35. The lowest BCUT2D eigenvalue weighted by molar-refractivity contribution is -0.128. The largest absolute Gasteiger partial charge is 0.465 e. The summed E-state index contributed by atoms with van der Waals surface area (Å²) in [7, 11) is 1.26. The van der Waals surface area contributed by atoms with Crippen LogP contribution in [-0.2, 0) is 20.9 Å². The number of halogens is 1. The summed E-state index contributed by atoms with van der Waals surface area (Å²) in [6.07, 6.45) is 0.631. The van der Waals surface area contributed by atoms with Gasteiger partial charge >= 0.3 is 5.97 Å². The second kappa shape index (κ2) is 11.4. The van der Waals surface area contributed by atoms with Crippen LogP contribution in [0.3, 0.4) is 0 Å². The lowest BCUT2D eigenvalue weighted by Crippen LogP contribution is -2.51. The van der Waals surface area contributed by atoms with Crippen LogP contribution in [0, 0.1) is 5.82 Å². The molecule has 1 heterocycles. The lowest BCUT2D eigenvalue weighted by Gasteiger charge is -2.34. The predicted molar refractivity (Wildman–Crippen MR) is 144 cm³/mol. The Morgan fingerprint density at radius 2 is 1.77 bits per heavy atom. The van der Waals surface area contributed by atoms with E-state index in [9.17, 15) is 18.8 Å². The SMILES string of the molecule is CCC(C)(C)NC(=O)[C@@H](c1ccc(F)cc1)N(C(=O)Cn1nnc2ccccc21)c1cccc(C(=O)OC)c1. The molecule has 0 aliphatic rings. The third-order valence-corrected chi connectivity index (χ3v) is 6.56. The van der Waals surface area contributed by atoms with E-state index < -0.39 is 35.2 Å². The van der Waals surface area contributed by atoms with Gasteiger partial charge in [0.15, 0.2) is 0 Å². The van der Waals surface area contributed by atoms with E-state index in [0.29, 0.717) is 23.0 Å². The molecule has 10 heteroatoms. The number of anilines is 1. The second-order valence-corrected chi connectivity index (χ2v) is 9.72. The summed E-state index contributed by atoms with van der Waals surface area (Å²) < 4.78 is 20.2. The zero-order valence-corrected chi connectivity index (χ0v) is 22.2. The summed E-state index contributed by atoms with van der Waals surface area (Å²) in [6, 6.07) is 17.7. The van der Waals surface area contributed by atoms with Crippen molar-refractivity contribution < 1.29 is 23.5 Å². The molecule has 0 saturated heterocycles. The number of nitrogens with zero attached hydrogens (tertiary/aromatic N) is 4. The van der Waals surface area contributed by atoms with E-state index >= 15 is 0 Å². The van der Waals surface area contributed by atoms with Gasteiger partial charge in [-0.25, -0.2) is 13.9 Å². The van der Waals surface area contributed by atoms with Crippen LogP contribution in [-0.4, -0.2) is 45.4 Å². The Morgan fingerprint density at radius 1 is 1.05 bits per heavy atom. The monoisotopic (exact) mass is 531 g/mol. The average molecular weight is 532 g/mol. The van der Waals surface area contributed by atoms with Crippen molar-refractivity contribution in [2.45, 2.75) is 45.3 Å². The predicted octanol–water partition coefficient (Wildman–Crippen LogP) is 4.44. The molecule has 0 aliphatic heterocycles. The van der Waals surface area contributed by atoms with Gasteiger partial charge in [-0.3, -0.25) is 14.5 Å². The van der Waals surface area contributed by atoms with Gasteiger partial charge in [0.05, 0.1) is 18.2 Å². The number of hydrogen-bond acceptors (Lipinski definition) is 6. The topological polar surface area (TPSA) is 106 Å². The van der Waals surface area contributed by atoms with Crippen molar-refractivity contribution >= 4 is 34.5 Å². The van der Waals surface area contributed by atoms with Crippen LogP contribution in [0.15, 0.2) is 72.8 Å². The van der Waals surface area contributed by atoms with Crippen molar-refractivity contribution in [2.24, 2.45) is 0 Å². The fourth-order valence-electron chi connectivity index (χ4n) is 4.13. The van der Waals surface area contributed by atoms with E-state index in [0.717, 1.165) is 0 Å². The maximum absolute atomic E-state index is 14.1. The molecule has 1 N–H and O–H groups in total. The first-order chi connectivity index (χ1) is 18.6. The number of methoxy groups -OCH3 is 1. The Balaban J connectivity index is 1.86. The first-order valence-corrected chi connectivity index (χ1v) is 12.5. The molecular formula is C29H30FN5O4. The van der Waals surface area contributed by atoms with Crippen molar-refractivity contribution in [3.8, 4) is 0 Å². The van der Waals surface area contributed by atoms with Crippen LogP contribution >= 0.6 is 0 Å². The van der Waals surface area contributed by atoms with Gasteiger partial charge in [-0.05, 0) is 68.3 Å². The van der Waals surface area contributed by atoms with Gasteiger partial charge in [0, 0.05) is 11.2 Å². The minimum absolute atomic E-state index is 0.200. The molecule has 4 rings (SSSR count). The molecule has 0 radical (unpaired) electrons. The lowest BCUT2D eigenvalue weighted by atomic mass is 9.98. The Kier molecular flexibility index (Phi) is 8.04. The number of benzene rings is 3. The first-order valence-electron chi connectivity index (χ1n) is 12.5. The number of hydrogen-bond donors (Lipinski definition) is 1. The molecular weight excluding hydrogens is 501 g/mol. The fourth-order valence-corrected chi connectivity index (χ4v) is 4.13. The Bertz CT molecular complexity index is 1500. The molecule has 1 atom stereocenters. The molecule has 0 unspecified atom stereocenters. The van der Waals surface area contributed by atoms with Crippen LogP contribution in [0.4, 0.5) is 10.1 Å². The molecule has 0 spiro atoms. The third-order valence-electron chi connectivity index (χ3n) is 6.56. The smallest absolute Gasteiger partial charge is 0.337 e. The van der Waals surface area contributed by atoms with Crippen LogP contribution < -0.4 is 10.2 Å². The summed E-state index contributed by atoms with van der Waals surface area (Å²) in [5.74, 6) is -2.03. The summed E-state index contributed by atoms with van der Waals surface area (Å²) in [4.78, 5) is 41.6. The van der Waals surface area contributed by atoms with E-state index in [1.807, 2.05) is 32.9 Å². The molecule has 202 valence electrons. The normalized spacial score (nSPS) is 12.1. The molecule has 3 aromatic carbocycles. The van der Waals surface area contributed by atoms with E-state index in [1.165, 1.54) is 47.0 Å². The molecule has 9 nitrogen and oxygen atoms in total. The van der Waals surface area contributed by atoms with Gasteiger partial charge < -0.3 is 10.1 Å². The molecule has 0 fully saturated rings. The van der Waals surface area contributed by atoms with Gasteiger partial charge in [0.25, 0.3) is 0 Å². The molecule has 4 aromatic rings. The molecule has 39 heavy (non-hydrogen) atoms. The number of esters is 1. The standard InChI is InChI=1S/C29H30FN5O4/c1-5-29(2,3)31-27(37)26(19-13-15-21(30)16-14-19)35(22-10-8-9-20(17-22)28(38)39-4)25(36)18-34-24-12-7-6-11-23(24)32-33-34/h6-17,26H,5,18H2,1-4H3,(H,31,37)/t26-/m1/s1. The van der Waals surface area contributed by atoms with Crippen molar-refractivity contribution in [2.75, 3.05) is 12.0 Å².